The molecule has 1 aromatic heterocycles. The van der Waals surface area contributed by atoms with Gasteiger partial charge in [-0.25, -0.2) is 0 Å². The minimum Gasteiger partial charge on any atom is -0.368 e. The third kappa shape index (κ3) is 4.88. The van der Waals surface area contributed by atoms with Gasteiger partial charge in [-0.05, 0) is 80.3 Å². The molecule has 5 nitrogen and oxygen atoms in total. The van der Waals surface area contributed by atoms with Gasteiger partial charge in [0.15, 0.2) is 0 Å². The van der Waals surface area contributed by atoms with Gasteiger partial charge < -0.3 is 14.6 Å². The maximum Gasteiger partial charge on any atom is 0.253 e. The van der Waals surface area contributed by atoms with Crippen molar-refractivity contribution >= 4 is 16.8 Å². The van der Waals surface area contributed by atoms with Crippen LogP contribution < -0.4 is 5.56 Å². The lowest BCUT2D eigenvalue weighted by Gasteiger charge is -2.25. The molecule has 1 fully saturated rings. The number of aromatic nitrogens is 1. The molecule has 1 aliphatic heterocycles. The molecule has 1 N–H and O–H groups in total. The molecule has 2 aromatic carbocycles. The highest BCUT2D eigenvalue weighted by molar-refractivity contribution is 5.82. The summed E-state index contributed by atoms with van der Waals surface area (Å²) in [5.41, 5.74) is 5.99. The summed E-state index contributed by atoms with van der Waals surface area (Å²) in [6.45, 7) is 7.62. The molecule has 0 radical (unpaired) electrons. The molecule has 2 heterocycles. The molecule has 5 heteroatoms. The van der Waals surface area contributed by atoms with Crippen molar-refractivity contribution in [3.63, 3.8) is 0 Å². The van der Waals surface area contributed by atoms with Gasteiger partial charge in [0.2, 0.25) is 0 Å². The average molecular weight is 419 g/mol. The van der Waals surface area contributed by atoms with Crippen LogP contribution in [0.4, 0.5) is 0 Å². The number of nitrogens with zero attached hydrogens (tertiary/aromatic N) is 1. The number of rotatable bonds is 6. The lowest BCUT2D eigenvalue weighted by molar-refractivity contribution is -0.141. The largest absolute Gasteiger partial charge is 0.368 e. The summed E-state index contributed by atoms with van der Waals surface area (Å²) >= 11 is 0. The summed E-state index contributed by atoms with van der Waals surface area (Å²) in [5.74, 6) is -0.0234. The lowest BCUT2D eigenvalue weighted by Crippen LogP contribution is -2.40. The van der Waals surface area contributed by atoms with E-state index < -0.39 is 6.10 Å². The second kappa shape index (κ2) is 9.06. The van der Waals surface area contributed by atoms with Crippen LogP contribution in [0.2, 0.25) is 0 Å². The minimum absolute atomic E-state index is 0.0234. The summed E-state index contributed by atoms with van der Waals surface area (Å²) in [6.07, 6.45) is 1.98. The fourth-order valence-corrected chi connectivity index (χ4v) is 4.22. The molecule has 0 saturated carbocycles. The fraction of sp³-hybridized carbons (Fsp3) is 0.385. The van der Waals surface area contributed by atoms with Crippen LogP contribution in [0.5, 0.6) is 0 Å². The third-order valence-electron chi connectivity index (χ3n) is 6.17. The second-order valence-electron chi connectivity index (χ2n) is 8.65. The summed E-state index contributed by atoms with van der Waals surface area (Å²) < 4.78 is 5.66. The number of aryl methyl sites for hydroxylation is 3. The molecule has 162 valence electrons. The maximum absolute atomic E-state index is 13.2. The van der Waals surface area contributed by atoms with E-state index in [0.29, 0.717) is 18.7 Å². The number of amides is 1. The highest BCUT2D eigenvalue weighted by Crippen LogP contribution is 2.20. The molecular weight excluding hydrogens is 388 g/mol. The van der Waals surface area contributed by atoms with Crippen molar-refractivity contribution in [1.82, 2.24) is 9.88 Å². The maximum atomic E-state index is 13.2. The van der Waals surface area contributed by atoms with Crippen LogP contribution in [-0.2, 0) is 22.5 Å². The SMILES string of the molecule is Cc1cccc(CCN(Cc2cc3cc(C)c(C)cc3[nH]c2=O)C(=O)[C@H]2CCCO2)c1. The molecule has 0 spiro atoms. The van der Waals surface area contributed by atoms with Crippen molar-refractivity contribution in [2.45, 2.75) is 52.7 Å². The Hall–Kier alpha value is -2.92. The van der Waals surface area contributed by atoms with Crippen molar-refractivity contribution in [2.75, 3.05) is 13.2 Å². The first-order valence-electron chi connectivity index (χ1n) is 11.0. The van der Waals surface area contributed by atoms with E-state index in [4.69, 9.17) is 4.74 Å². The Morgan fingerprint density at radius 1 is 1.13 bits per heavy atom. The number of benzene rings is 2. The van der Waals surface area contributed by atoms with E-state index in [1.54, 1.807) is 4.90 Å². The molecule has 31 heavy (non-hydrogen) atoms. The van der Waals surface area contributed by atoms with Gasteiger partial charge in [0.25, 0.3) is 11.5 Å². The van der Waals surface area contributed by atoms with Crippen LogP contribution in [0.3, 0.4) is 0 Å². The minimum atomic E-state index is -0.401. The van der Waals surface area contributed by atoms with Crippen LogP contribution in [0.25, 0.3) is 10.9 Å². The van der Waals surface area contributed by atoms with E-state index in [1.165, 1.54) is 16.7 Å². The van der Waals surface area contributed by atoms with Gasteiger partial charge in [0.1, 0.15) is 6.10 Å². The van der Waals surface area contributed by atoms with E-state index in [9.17, 15) is 9.59 Å². The molecule has 1 saturated heterocycles. The van der Waals surface area contributed by atoms with Crippen molar-refractivity contribution in [3.05, 3.63) is 80.6 Å². The third-order valence-corrected chi connectivity index (χ3v) is 6.17. The highest BCUT2D eigenvalue weighted by atomic mass is 16.5. The van der Waals surface area contributed by atoms with Crippen LogP contribution in [-0.4, -0.2) is 35.0 Å². The van der Waals surface area contributed by atoms with Gasteiger partial charge in [0, 0.05) is 24.2 Å². The summed E-state index contributed by atoms with van der Waals surface area (Å²) in [7, 11) is 0. The van der Waals surface area contributed by atoms with Crippen molar-refractivity contribution in [1.29, 1.82) is 0 Å². The summed E-state index contributed by atoms with van der Waals surface area (Å²) in [4.78, 5) is 30.8. The zero-order chi connectivity index (χ0) is 22.0. The Balaban J connectivity index is 1.61. The smallest absolute Gasteiger partial charge is 0.253 e. The number of ether oxygens (including phenoxy) is 1. The zero-order valence-corrected chi connectivity index (χ0v) is 18.5. The number of nitrogens with one attached hydrogen (secondary N) is 1. The molecule has 1 amide bonds. The van der Waals surface area contributed by atoms with Crippen molar-refractivity contribution < 1.29 is 9.53 Å². The van der Waals surface area contributed by atoms with E-state index in [1.807, 2.05) is 25.1 Å². The van der Waals surface area contributed by atoms with Crippen LogP contribution >= 0.6 is 0 Å². The number of aromatic amines is 1. The molecule has 1 atom stereocenters. The van der Waals surface area contributed by atoms with Gasteiger partial charge in [-0.1, -0.05) is 29.8 Å². The Labute approximate surface area is 183 Å². The molecule has 1 aliphatic rings. The normalized spacial score (nSPS) is 16.0. The number of H-pyrrole nitrogens is 1. The molecule has 3 aromatic rings. The Morgan fingerprint density at radius 3 is 2.68 bits per heavy atom. The Kier molecular flexibility index (Phi) is 6.23. The van der Waals surface area contributed by atoms with Crippen LogP contribution in [0.1, 0.15) is 40.7 Å². The van der Waals surface area contributed by atoms with E-state index in [0.717, 1.165) is 35.7 Å². The first-order valence-corrected chi connectivity index (χ1v) is 11.0. The standard InChI is InChI=1S/C26H30N2O3/c1-17-6-4-7-20(12-17)9-10-28(26(30)24-8-5-11-31-24)16-22-15-21-13-18(2)19(3)14-23(21)27-25(22)29/h4,6-7,12-15,24H,5,8-11,16H2,1-3H3,(H,27,29)/t24-/m1/s1. The quantitative estimate of drug-likeness (QED) is 0.652. The van der Waals surface area contributed by atoms with Crippen LogP contribution in [0, 0.1) is 20.8 Å². The topological polar surface area (TPSA) is 62.4 Å². The fourth-order valence-electron chi connectivity index (χ4n) is 4.22. The van der Waals surface area contributed by atoms with E-state index >= 15 is 0 Å². The summed E-state index contributed by atoms with van der Waals surface area (Å²) in [5, 5.41) is 0.987. The molecule has 0 aliphatic carbocycles. The zero-order valence-electron chi connectivity index (χ0n) is 18.5. The van der Waals surface area contributed by atoms with Gasteiger partial charge in [-0.3, -0.25) is 9.59 Å². The molecule has 4 rings (SSSR count). The molecule has 0 bridgehead atoms. The van der Waals surface area contributed by atoms with Gasteiger partial charge in [0.05, 0.1) is 6.54 Å². The van der Waals surface area contributed by atoms with Gasteiger partial charge in [-0.2, -0.15) is 0 Å². The Morgan fingerprint density at radius 2 is 1.94 bits per heavy atom. The first kappa shape index (κ1) is 21.3. The monoisotopic (exact) mass is 418 g/mol. The number of carbonyl (C=O) groups is 1. The Bertz CT molecular complexity index is 1160. The number of pyridine rings is 1. The second-order valence-corrected chi connectivity index (χ2v) is 8.65. The van der Waals surface area contributed by atoms with E-state index in [-0.39, 0.29) is 18.0 Å². The number of hydrogen-bond acceptors (Lipinski definition) is 3. The number of carbonyl (C=O) groups excluding carboxylic acids is 1. The summed E-state index contributed by atoms with van der Waals surface area (Å²) in [6, 6.07) is 14.3. The first-order chi connectivity index (χ1) is 14.9. The predicted molar refractivity (Wildman–Crippen MR) is 123 cm³/mol. The van der Waals surface area contributed by atoms with Crippen molar-refractivity contribution in [3.8, 4) is 0 Å². The number of fused-ring (bicyclic) bond motifs is 1. The number of hydrogen-bond donors (Lipinski definition) is 1. The van der Waals surface area contributed by atoms with Gasteiger partial charge in [-0.15, -0.1) is 0 Å². The predicted octanol–water partition coefficient (Wildman–Crippen LogP) is 4.20. The molecular formula is C26H30N2O3. The highest BCUT2D eigenvalue weighted by Gasteiger charge is 2.28. The van der Waals surface area contributed by atoms with E-state index in [2.05, 4.69) is 43.1 Å². The lowest BCUT2D eigenvalue weighted by atomic mass is 10.0. The molecule has 0 unspecified atom stereocenters. The average Bonchev–Trinajstić information content (AvgIpc) is 3.27. The van der Waals surface area contributed by atoms with Crippen LogP contribution in [0.15, 0.2) is 47.3 Å². The van der Waals surface area contributed by atoms with Crippen molar-refractivity contribution in [2.24, 2.45) is 0 Å². The van der Waals surface area contributed by atoms with Gasteiger partial charge >= 0.3 is 0 Å².